The second-order valence-electron chi connectivity index (χ2n) is 4.89. The molecule has 3 rings (SSSR count). The van der Waals surface area contributed by atoms with Crippen LogP contribution in [0, 0.1) is 6.92 Å². The fraction of sp³-hybridized carbons (Fsp3) is 0.0526. The van der Waals surface area contributed by atoms with Gasteiger partial charge in [-0.15, -0.1) is 0 Å². The number of aldehydes is 1. The van der Waals surface area contributed by atoms with Crippen molar-refractivity contribution in [2.24, 2.45) is 0 Å². The first-order valence-corrected chi connectivity index (χ1v) is 7.15. The molecule has 116 valence electrons. The van der Waals surface area contributed by atoms with Gasteiger partial charge in [-0.1, -0.05) is 35.9 Å². The van der Waals surface area contributed by atoms with Gasteiger partial charge in [0.2, 0.25) is 0 Å². The SMILES string of the molecule is Cc1ccc(/C=C/C=O)cc1.Oc1ccc(-n2ccnc2)cc1. The summed E-state index contributed by atoms with van der Waals surface area (Å²) in [5.41, 5.74) is 3.28. The Morgan fingerprint density at radius 3 is 2.30 bits per heavy atom. The maximum atomic E-state index is 9.96. The van der Waals surface area contributed by atoms with Crippen molar-refractivity contribution in [3.05, 3.63) is 84.5 Å². The lowest BCUT2D eigenvalue weighted by atomic mass is 10.1. The highest BCUT2D eigenvalue weighted by Gasteiger charge is 1.93. The van der Waals surface area contributed by atoms with Gasteiger partial charge < -0.3 is 9.67 Å². The monoisotopic (exact) mass is 306 g/mol. The van der Waals surface area contributed by atoms with Gasteiger partial charge in [0.1, 0.15) is 12.0 Å². The number of hydrogen-bond acceptors (Lipinski definition) is 3. The van der Waals surface area contributed by atoms with Crippen molar-refractivity contribution in [2.75, 3.05) is 0 Å². The molecule has 0 radical (unpaired) electrons. The first-order valence-electron chi connectivity index (χ1n) is 7.15. The molecule has 3 aromatic rings. The standard InChI is InChI=1S/C10H10O.C9H8N2O/c1-9-4-6-10(7-5-9)3-2-8-11;12-9-3-1-8(2-4-9)11-6-5-10-7-11/h2-8H,1H3;1-7,12H/b3-2+;. The van der Waals surface area contributed by atoms with E-state index in [-0.39, 0.29) is 5.75 Å². The van der Waals surface area contributed by atoms with E-state index >= 15 is 0 Å². The summed E-state index contributed by atoms with van der Waals surface area (Å²) in [4.78, 5) is 13.9. The molecular weight excluding hydrogens is 288 g/mol. The van der Waals surface area contributed by atoms with Gasteiger partial charge in [0.15, 0.2) is 0 Å². The van der Waals surface area contributed by atoms with E-state index in [9.17, 15) is 4.79 Å². The summed E-state index contributed by atoms with van der Waals surface area (Å²) in [6.07, 6.45) is 9.34. The van der Waals surface area contributed by atoms with Crippen LogP contribution < -0.4 is 0 Å². The number of aromatic nitrogens is 2. The predicted molar refractivity (Wildman–Crippen MR) is 91.5 cm³/mol. The zero-order valence-electron chi connectivity index (χ0n) is 12.8. The van der Waals surface area contributed by atoms with Crippen molar-refractivity contribution >= 4 is 12.4 Å². The summed E-state index contributed by atoms with van der Waals surface area (Å²) in [6, 6.07) is 15.0. The van der Waals surface area contributed by atoms with Crippen LogP contribution in [0.1, 0.15) is 11.1 Å². The number of carbonyl (C=O) groups is 1. The van der Waals surface area contributed by atoms with E-state index in [0.717, 1.165) is 17.5 Å². The Labute approximate surface area is 135 Å². The van der Waals surface area contributed by atoms with Crippen molar-refractivity contribution in [1.29, 1.82) is 0 Å². The highest BCUT2D eigenvalue weighted by molar-refractivity contribution is 5.73. The van der Waals surface area contributed by atoms with E-state index in [0.29, 0.717) is 0 Å². The Balaban J connectivity index is 0.000000168. The van der Waals surface area contributed by atoms with E-state index in [1.807, 2.05) is 54.1 Å². The summed E-state index contributed by atoms with van der Waals surface area (Å²) < 4.78 is 1.87. The second-order valence-corrected chi connectivity index (χ2v) is 4.89. The molecule has 4 heteroatoms. The Morgan fingerprint density at radius 2 is 1.74 bits per heavy atom. The summed E-state index contributed by atoms with van der Waals surface area (Å²) >= 11 is 0. The van der Waals surface area contributed by atoms with Gasteiger partial charge in [0.25, 0.3) is 0 Å². The molecule has 4 nitrogen and oxygen atoms in total. The van der Waals surface area contributed by atoms with E-state index < -0.39 is 0 Å². The Bertz CT molecular complexity index is 743. The van der Waals surface area contributed by atoms with E-state index in [1.165, 1.54) is 11.6 Å². The van der Waals surface area contributed by atoms with Gasteiger partial charge >= 0.3 is 0 Å². The van der Waals surface area contributed by atoms with E-state index in [1.54, 1.807) is 30.7 Å². The number of aryl methyl sites for hydroxylation is 1. The summed E-state index contributed by atoms with van der Waals surface area (Å²) in [5.74, 6) is 0.277. The number of aromatic hydroxyl groups is 1. The number of allylic oxidation sites excluding steroid dienone is 1. The lowest BCUT2D eigenvalue weighted by Crippen LogP contribution is -1.87. The zero-order valence-corrected chi connectivity index (χ0v) is 12.8. The first-order chi connectivity index (χ1) is 11.2. The van der Waals surface area contributed by atoms with Crippen molar-refractivity contribution in [1.82, 2.24) is 9.55 Å². The number of imidazole rings is 1. The van der Waals surface area contributed by atoms with Crippen molar-refractivity contribution in [2.45, 2.75) is 6.92 Å². The van der Waals surface area contributed by atoms with E-state index in [2.05, 4.69) is 4.98 Å². The normalized spacial score (nSPS) is 10.1. The summed E-state index contributed by atoms with van der Waals surface area (Å²) in [5, 5.41) is 9.03. The third kappa shape index (κ3) is 5.28. The minimum atomic E-state index is 0.277. The average Bonchev–Trinajstić information content (AvgIpc) is 3.10. The Kier molecular flexibility index (Phi) is 5.89. The van der Waals surface area contributed by atoms with Crippen LogP contribution in [0.2, 0.25) is 0 Å². The molecule has 0 bridgehead atoms. The molecule has 0 spiro atoms. The Morgan fingerprint density at radius 1 is 1.04 bits per heavy atom. The van der Waals surface area contributed by atoms with E-state index in [4.69, 9.17) is 5.11 Å². The van der Waals surface area contributed by atoms with Crippen LogP contribution in [0.4, 0.5) is 0 Å². The molecule has 0 amide bonds. The second kappa shape index (κ2) is 8.34. The molecular formula is C19H18N2O2. The number of carbonyl (C=O) groups excluding carboxylic acids is 1. The summed E-state index contributed by atoms with van der Waals surface area (Å²) in [6.45, 7) is 2.03. The quantitative estimate of drug-likeness (QED) is 0.592. The molecule has 0 aliphatic heterocycles. The fourth-order valence-corrected chi connectivity index (χ4v) is 1.86. The third-order valence-electron chi connectivity index (χ3n) is 3.10. The fourth-order valence-electron chi connectivity index (χ4n) is 1.86. The molecule has 0 aliphatic rings. The molecule has 1 heterocycles. The number of nitrogens with zero attached hydrogens (tertiary/aromatic N) is 2. The number of phenols is 1. The van der Waals surface area contributed by atoms with Gasteiger partial charge in [0, 0.05) is 18.1 Å². The maximum absolute atomic E-state index is 9.96. The molecule has 1 aromatic heterocycles. The highest BCUT2D eigenvalue weighted by Crippen LogP contribution is 2.12. The van der Waals surface area contributed by atoms with Crippen LogP contribution in [0.5, 0.6) is 5.75 Å². The molecule has 0 fully saturated rings. The lowest BCUT2D eigenvalue weighted by Gasteiger charge is -2.00. The first kappa shape index (κ1) is 16.2. The number of rotatable bonds is 3. The topological polar surface area (TPSA) is 55.1 Å². The number of phenolic OH excluding ortho intramolecular Hbond substituents is 1. The van der Waals surface area contributed by atoms with Gasteiger partial charge in [-0.2, -0.15) is 0 Å². The number of hydrogen-bond donors (Lipinski definition) is 1. The van der Waals surface area contributed by atoms with Crippen LogP contribution in [-0.2, 0) is 4.79 Å². The molecule has 0 saturated heterocycles. The smallest absolute Gasteiger partial charge is 0.142 e. The van der Waals surface area contributed by atoms with Crippen molar-refractivity contribution < 1.29 is 9.90 Å². The predicted octanol–water partition coefficient (Wildman–Crippen LogP) is 3.79. The molecule has 1 N–H and O–H groups in total. The lowest BCUT2D eigenvalue weighted by molar-refractivity contribution is -0.104. The summed E-state index contributed by atoms with van der Waals surface area (Å²) in [7, 11) is 0. The molecule has 2 aromatic carbocycles. The molecule has 0 saturated carbocycles. The van der Waals surface area contributed by atoms with Gasteiger partial charge in [-0.05, 0) is 42.8 Å². The van der Waals surface area contributed by atoms with Gasteiger partial charge in [0.05, 0.1) is 6.33 Å². The van der Waals surface area contributed by atoms with Crippen LogP contribution in [0.3, 0.4) is 0 Å². The maximum Gasteiger partial charge on any atom is 0.142 e. The largest absolute Gasteiger partial charge is 0.508 e. The van der Waals surface area contributed by atoms with Crippen molar-refractivity contribution in [3.8, 4) is 11.4 Å². The minimum Gasteiger partial charge on any atom is -0.508 e. The highest BCUT2D eigenvalue weighted by atomic mass is 16.3. The molecule has 0 aliphatic carbocycles. The van der Waals surface area contributed by atoms with Gasteiger partial charge in [-0.3, -0.25) is 4.79 Å². The van der Waals surface area contributed by atoms with Crippen LogP contribution in [0.25, 0.3) is 11.8 Å². The van der Waals surface area contributed by atoms with Crippen molar-refractivity contribution in [3.63, 3.8) is 0 Å². The van der Waals surface area contributed by atoms with Crippen LogP contribution >= 0.6 is 0 Å². The number of benzene rings is 2. The van der Waals surface area contributed by atoms with Gasteiger partial charge in [-0.25, -0.2) is 4.98 Å². The average molecular weight is 306 g/mol. The molecule has 0 atom stereocenters. The Hall–Kier alpha value is -3.14. The van der Waals surface area contributed by atoms with Crippen LogP contribution in [0.15, 0.2) is 73.3 Å². The third-order valence-corrected chi connectivity index (χ3v) is 3.10. The molecule has 0 unspecified atom stereocenters. The molecule has 23 heavy (non-hydrogen) atoms. The van der Waals surface area contributed by atoms with Crippen LogP contribution in [-0.4, -0.2) is 20.9 Å². The zero-order chi connectivity index (χ0) is 16.5. The minimum absolute atomic E-state index is 0.277.